The molecule has 130 valence electrons. The lowest BCUT2D eigenvalue weighted by Gasteiger charge is -2.15. The van der Waals surface area contributed by atoms with Crippen molar-refractivity contribution >= 4 is 28.9 Å². The van der Waals surface area contributed by atoms with Crippen molar-refractivity contribution in [3.8, 4) is 17.2 Å². The largest absolute Gasteiger partial charge is 0.488 e. The molecule has 2 heterocycles. The van der Waals surface area contributed by atoms with Crippen LogP contribution in [0.3, 0.4) is 0 Å². The van der Waals surface area contributed by atoms with Gasteiger partial charge in [0.05, 0.1) is 15.5 Å². The number of nitrogens with zero attached hydrogens (tertiary/aromatic N) is 3. The monoisotopic (exact) mass is 373 g/mol. The van der Waals surface area contributed by atoms with Crippen LogP contribution in [0.5, 0.6) is 5.75 Å². The molecule has 0 fully saturated rings. The van der Waals surface area contributed by atoms with Gasteiger partial charge in [-0.05, 0) is 30.3 Å². The van der Waals surface area contributed by atoms with Gasteiger partial charge >= 0.3 is 0 Å². The summed E-state index contributed by atoms with van der Waals surface area (Å²) in [6, 6.07) is 8.13. The number of ether oxygens (including phenoxy) is 1. The molecule has 9 heteroatoms. The van der Waals surface area contributed by atoms with Crippen molar-refractivity contribution in [3.63, 3.8) is 0 Å². The highest BCUT2D eigenvalue weighted by molar-refractivity contribution is 6.33. The topological polar surface area (TPSA) is 91.3 Å². The van der Waals surface area contributed by atoms with Gasteiger partial charge in [-0.1, -0.05) is 16.8 Å². The zero-order valence-corrected chi connectivity index (χ0v) is 13.7. The molecular formula is C17H9ClFN3O4. The molecule has 0 unspecified atom stereocenters. The van der Waals surface area contributed by atoms with E-state index < -0.39 is 4.92 Å². The minimum Gasteiger partial charge on any atom is -0.488 e. The molecular weight excluding hydrogens is 365 g/mol. The summed E-state index contributed by atoms with van der Waals surface area (Å²) in [5, 5.41) is 15.0. The first kappa shape index (κ1) is 16.2. The molecule has 0 bridgehead atoms. The third-order valence-corrected chi connectivity index (χ3v) is 4.12. The van der Waals surface area contributed by atoms with Crippen molar-refractivity contribution in [2.75, 3.05) is 6.61 Å². The number of non-ortho nitro benzene ring substituents is 1. The van der Waals surface area contributed by atoms with E-state index in [4.69, 9.17) is 20.9 Å². The molecule has 0 saturated carbocycles. The third-order valence-electron chi connectivity index (χ3n) is 3.79. The molecule has 0 atom stereocenters. The van der Waals surface area contributed by atoms with Gasteiger partial charge in [-0.3, -0.25) is 10.1 Å². The second-order valence-corrected chi connectivity index (χ2v) is 5.89. The van der Waals surface area contributed by atoms with Gasteiger partial charge in [0.25, 0.3) is 11.6 Å². The van der Waals surface area contributed by atoms with Crippen LogP contribution in [-0.4, -0.2) is 21.7 Å². The quantitative estimate of drug-likeness (QED) is 0.500. The Morgan fingerprint density at radius 3 is 2.88 bits per heavy atom. The van der Waals surface area contributed by atoms with Gasteiger partial charge in [-0.25, -0.2) is 4.39 Å². The van der Waals surface area contributed by atoms with E-state index in [1.165, 1.54) is 30.3 Å². The number of aromatic nitrogens is 2. The highest BCUT2D eigenvalue weighted by atomic mass is 35.5. The van der Waals surface area contributed by atoms with Crippen LogP contribution in [0.15, 0.2) is 40.9 Å². The van der Waals surface area contributed by atoms with Gasteiger partial charge in [-0.2, -0.15) is 4.98 Å². The maximum absolute atomic E-state index is 13.4. The highest BCUT2D eigenvalue weighted by Crippen LogP contribution is 2.33. The van der Waals surface area contributed by atoms with E-state index in [9.17, 15) is 14.5 Å². The smallest absolute Gasteiger partial charge is 0.270 e. The summed E-state index contributed by atoms with van der Waals surface area (Å²) >= 11 is 6.08. The molecule has 0 saturated heterocycles. The van der Waals surface area contributed by atoms with Crippen molar-refractivity contribution < 1.29 is 18.6 Å². The first-order chi connectivity index (χ1) is 12.5. The van der Waals surface area contributed by atoms with Crippen LogP contribution >= 0.6 is 11.6 Å². The SMILES string of the molecule is O=[N+]([O-])c1ccc(Cl)c(-c2nc(C3=Cc4cc(F)ccc4OC3)no2)c1. The van der Waals surface area contributed by atoms with E-state index in [2.05, 4.69) is 10.1 Å². The molecule has 0 N–H and O–H groups in total. The van der Waals surface area contributed by atoms with Gasteiger partial charge in [0, 0.05) is 23.3 Å². The summed E-state index contributed by atoms with van der Waals surface area (Å²) < 4.78 is 24.1. The van der Waals surface area contributed by atoms with Gasteiger partial charge in [0.15, 0.2) is 0 Å². The molecule has 0 spiro atoms. The summed E-state index contributed by atoms with van der Waals surface area (Å²) in [6.45, 7) is 0.181. The van der Waals surface area contributed by atoms with Crippen LogP contribution in [0.25, 0.3) is 23.1 Å². The summed E-state index contributed by atoms with van der Waals surface area (Å²) in [5.41, 5.74) is 1.25. The fraction of sp³-hybridized carbons (Fsp3) is 0.0588. The summed E-state index contributed by atoms with van der Waals surface area (Å²) in [6.07, 6.45) is 1.70. The predicted molar refractivity (Wildman–Crippen MR) is 91.2 cm³/mol. The van der Waals surface area contributed by atoms with Crippen LogP contribution in [0, 0.1) is 15.9 Å². The van der Waals surface area contributed by atoms with Crippen molar-refractivity contribution in [2.45, 2.75) is 0 Å². The fourth-order valence-corrected chi connectivity index (χ4v) is 2.73. The van der Waals surface area contributed by atoms with Crippen LogP contribution in [-0.2, 0) is 0 Å². The lowest BCUT2D eigenvalue weighted by Crippen LogP contribution is -2.07. The van der Waals surface area contributed by atoms with Crippen molar-refractivity contribution in [3.05, 3.63) is 68.7 Å². The highest BCUT2D eigenvalue weighted by Gasteiger charge is 2.21. The van der Waals surface area contributed by atoms with E-state index in [-0.39, 0.29) is 40.4 Å². The van der Waals surface area contributed by atoms with Crippen molar-refractivity contribution in [2.24, 2.45) is 0 Å². The molecule has 1 aromatic heterocycles. The minimum atomic E-state index is -0.542. The maximum atomic E-state index is 13.4. The lowest BCUT2D eigenvalue weighted by atomic mass is 10.1. The Labute approximate surface area is 150 Å². The van der Waals surface area contributed by atoms with Gasteiger partial charge in [0.1, 0.15) is 18.2 Å². The van der Waals surface area contributed by atoms with E-state index in [0.717, 1.165) is 0 Å². The van der Waals surface area contributed by atoms with Crippen LogP contribution in [0.1, 0.15) is 11.4 Å². The number of hydrogen-bond acceptors (Lipinski definition) is 6. The van der Waals surface area contributed by atoms with E-state index in [1.54, 1.807) is 12.1 Å². The summed E-state index contributed by atoms with van der Waals surface area (Å²) in [4.78, 5) is 14.6. The Morgan fingerprint density at radius 1 is 1.23 bits per heavy atom. The normalized spacial score (nSPS) is 12.9. The van der Waals surface area contributed by atoms with Gasteiger partial charge in [-0.15, -0.1) is 0 Å². The Balaban J connectivity index is 1.71. The minimum absolute atomic E-state index is 0.0413. The van der Waals surface area contributed by atoms with E-state index >= 15 is 0 Å². The number of halogens is 2. The predicted octanol–water partition coefficient (Wildman–Crippen LogP) is 4.37. The Hall–Kier alpha value is -3.26. The number of hydrogen-bond donors (Lipinski definition) is 0. The number of rotatable bonds is 3. The van der Waals surface area contributed by atoms with Crippen LogP contribution in [0.4, 0.5) is 10.1 Å². The van der Waals surface area contributed by atoms with Crippen LogP contribution < -0.4 is 4.74 Å². The molecule has 0 radical (unpaired) electrons. The number of nitro benzene ring substituents is 1. The molecule has 26 heavy (non-hydrogen) atoms. The van der Waals surface area contributed by atoms with Gasteiger partial charge < -0.3 is 9.26 Å². The molecule has 1 aliphatic rings. The molecule has 0 aliphatic carbocycles. The molecule has 3 aromatic rings. The maximum Gasteiger partial charge on any atom is 0.270 e. The van der Waals surface area contributed by atoms with Crippen molar-refractivity contribution in [1.29, 1.82) is 0 Å². The van der Waals surface area contributed by atoms with Gasteiger partial charge in [0.2, 0.25) is 5.82 Å². The zero-order chi connectivity index (χ0) is 18.3. The fourth-order valence-electron chi connectivity index (χ4n) is 2.53. The Morgan fingerprint density at radius 2 is 2.08 bits per heavy atom. The standard InChI is InChI=1S/C17H9ClFN3O4/c18-14-3-2-12(22(23)24)7-13(14)17-20-16(21-26-17)10-5-9-6-11(19)1-4-15(9)25-8-10/h1-7H,8H2. The zero-order valence-electron chi connectivity index (χ0n) is 13.0. The summed E-state index contributed by atoms with van der Waals surface area (Å²) in [5.74, 6) is 0.444. The molecule has 2 aromatic carbocycles. The van der Waals surface area contributed by atoms with Crippen LogP contribution in [0.2, 0.25) is 5.02 Å². The lowest BCUT2D eigenvalue weighted by molar-refractivity contribution is -0.384. The second-order valence-electron chi connectivity index (χ2n) is 5.48. The average molecular weight is 374 g/mol. The molecule has 1 aliphatic heterocycles. The first-order valence-electron chi connectivity index (χ1n) is 7.42. The molecule has 7 nitrogen and oxygen atoms in total. The summed E-state index contributed by atoms with van der Waals surface area (Å²) in [7, 11) is 0. The molecule has 4 rings (SSSR count). The third kappa shape index (κ3) is 2.91. The van der Waals surface area contributed by atoms with E-state index in [1.807, 2.05) is 0 Å². The number of fused-ring (bicyclic) bond motifs is 1. The second kappa shape index (κ2) is 6.23. The van der Waals surface area contributed by atoms with E-state index in [0.29, 0.717) is 16.9 Å². The Kier molecular flexibility index (Phi) is 3.89. The Bertz CT molecular complexity index is 1060. The number of nitro groups is 1. The molecule has 0 amide bonds. The van der Waals surface area contributed by atoms with Crippen molar-refractivity contribution in [1.82, 2.24) is 10.1 Å². The first-order valence-corrected chi connectivity index (χ1v) is 7.80. The number of benzene rings is 2. The average Bonchev–Trinajstić information content (AvgIpc) is 3.11.